The molecule has 1 amide bonds. The van der Waals surface area contributed by atoms with Crippen LogP contribution in [0, 0.1) is 5.82 Å². The highest BCUT2D eigenvalue weighted by molar-refractivity contribution is 7.99. The van der Waals surface area contributed by atoms with Crippen LogP contribution in [-0.4, -0.2) is 41.1 Å². The van der Waals surface area contributed by atoms with Gasteiger partial charge in [-0.2, -0.15) is 0 Å². The van der Waals surface area contributed by atoms with E-state index in [1.54, 1.807) is 43.5 Å². The lowest BCUT2D eigenvalue weighted by atomic mass is 10.2. The Morgan fingerprint density at radius 1 is 1.22 bits per heavy atom. The molecular weight excluding hydrogens is 371 g/mol. The van der Waals surface area contributed by atoms with Gasteiger partial charge in [-0.3, -0.25) is 9.89 Å². The fourth-order valence-electron chi connectivity index (χ4n) is 2.31. The van der Waals surface area contributed by atoms with Crippen LogP contribution in [0.15, 0.2) is 47.6 Å². The van der Waals surface area contributed by atoms with E-state index in [0.29, 0.717) is 33.7 Å². The number of carbonyl (C=O) groups excluding carboxylic acids is 1. The molecule has 0 unspecified atom stereocenters. The van der Waals surface area contributed by atoms with Crippen LogP contribution in [0.3, 0.4) is 0 Å². The van der Waals surface area contributed by atoms with E-state index in [1.807, 2.05) is 0 Å². The van der Waals surface area contributed by atoms with E-state index in [0.717, 1.165) is 11.8 Å². The first-order valence-electron chi connectivity index (χ1n) is 7.92. The maximum absolute atomic E-state index is 13.8. The Kier molecular flexibility index (Phi) is 5.92. The number of aromatic nitrogens is 3. The number of ether oxygens (including phenoxy) is 2. The Morgan fingerprint density at radius 3 is 2.78 bits per heavy atom. The van der Waals surface area contributed by atoms with Gasteiger partial charge in [0.15, 0.2) is 5.82 Å². The zero-order valence-electron chi connectivity index (χ0n) is 14.7. The summed E-state index contributed by atoms with van der Waals surface area (Å²) in [6.07, 6.45) is 0. The summed E-state index contributed by atoms with van der Waals surface area (Å²) >= 11 is 1.13. The van der Waals surface area contributed by atoms with Gasteiger partial charge < -0.3 is 14.8 Å². The Hall–Kier alpha value is -3.07. The van der Waals surface area contributed by atoms with Crippen LogP contribution in [0.4, 0.5) is 10.1 Å². The lowest BCUT2D eigenvalue weighted by Gasteiger charge is -2.11. The first-order chi connectivity index (χ1) is 13.1. The smallest absolute Gasteiger partial charge is 0.234 e. The molecule has 9 heteroatoms. The third-order valence-corrected chi connectivity index (χ3v) is 4.45. The molecule has 0 aliphatic heterocycles. The summed E-state index contributed by atoms with van der Waals surface area (Å²) in [5, 5.41) is 9.80. The van der Waals surface area contributed by atoms with Crippen LogP contribution in [0.1, 0.15) is 0 Å². The van der Waals surface area contributed by atoms with Crippen molar-refractivity contribution < 1.29 is 18.7 Å². The van der Waals surface area contributed by atoms with Crippen molar-refractivity contribution in [2.75, 3.05) is 25.3 Å². The van der Waals surface area contributed by atoms with Crippen LogP contribution in [0.5, 0.6) is 11.5 Å². The maximum atomic E-state index is 13.8. The Bertz CT molecular complexity index is 948. The summed E-state index contributed by atoms with van der Waals surface area (Å²) in [6.45, 7) is 0. The highest BCUT2D eigenvalue weighted by atomic mass is 32.2. The maximum Gasteiger partial charge on any atom is 0.234 e. The van der Waals surface area contributed by atoms with Crippen molar-refractivity contribution in [3.63, 3.8) is 0 Å². The van der Waals surface area contributed by atoms with Gasteiger partial charge in [-0.1, -0.05) is 23.9 Å². The molecule has 0 radical (unpaired) electrons. The molecule has 2 N–H and O–H groups in total. The highest BCUT2D eigenvalue weighted by Gasteiger charge is 2.13. The molecule has 1 heterocycles. The van der Waals surface area contributed by atoms with Crippen molar-refractivity contribution in [2.45, 2.75) is 5.16 Å². The second kappa shape index (κ2) is 8.54. The zero-order chi connectivity index (χ0) is 19.2. The molecule has 1 aromatic heterocycles. The molecular formula is C18H17FN4O3S. The number of thioether (sulfide) groups is 1. The van der Waals surface area contributed by atoms with E-state index in [-0.39, 0.29) is 11.7 Å². The summed E-state index contributed by atoms with van der Waals surface area (Å²) in [4.78, 5) is 16.4. The number of nitrogens with one attached hydrogen (secondary N) is 2. The fraction of sp³-hybridized carbons (Fsp3) is 0.167. The van der Waals surface area contributed by atoms with Crippen molar-refractivity contribution in [1.29, 1.82) is 0 Å². The number of halogens is 1. The molecule has 0 bridgehead atoms. The third-order valence-electron chi connectivity index (χ3n) is 3.61. The number of hydrogen-bond acceptors (Lipinski definition) is 6. The SMILES string of the molecule is COc1ccc(OC)c(NC(=O)CSc2n[nH]c(-c3ccccc3F)n2)c1. The second-order valence-corrected chi connectivity index (χ2v) is 6.29. The number of hydrogen-bond donors (Lipinski definition) is 2. The summed E-state index contributed by atoms with van der Waals surface area (Å²) in [5.74, 6) is 0.855. The minimum atomic E-state index is -0.395. The molecule has 140 valence electrons. The van der Waals surface area contributed by atoms with Gasteiger partial charge in [-0.25, -0.2) is 9.37 Å². The van der Waals surface area contributed by atoms with E-state index < -0.39 is 5.82 Å². The predicted molar refractivity (Wildman–Crippen MR) is 101 cm³/mol. The molecule has 0 aliphatic carbocycles. The molecule has 2 aromatic carbocycles. The minimum Gasteiger partial charge on any atom is -0.497 e. The van der Waals surface area contributed by atoms with Crippen LogP contribution < -0.4 is 14.8 Å². The van der Waals surface area contributed by atoms with Crippen molar-refractivity contribution in [3.8, 4) is 22.9 Å². The number of methoxy groups -OCH3 is 2. The minimum absolute atomic E-state index is 0.0783. The average Bonchev–Trinajstić information content (AvgIpc) is 3.15. The van der Waals surface area contributed by atoms with Crippen LogP contribution in [-0.2, 0) is 4.79 Å². The first kappa shape index (κ1) is 18.7. The molecule has 0 fully saturated rings. The molecule has 7 nitrogen and oxygen atoms in total. The summed E-state index contributed by atoms with van der Waals surface area (Å²) in [7, 11) is 3.06. The summed E-state index contributed by atoms with van der Waals surface area (Å²) in [5.41, 5.74) is 0.826. The van der Waals surface area contributed by atoms with Gasteiger partial charge in [0.05, 0.1) is 31.2 Å². The number of carbonyl (C=O) groups is 1. The molecule has 0 saturated carbocycles. The second-order valence-electron chi connectivity index (χ2n) is 5.35. The number of anilines is 1. The van der Waals surface area contributed by atoms with Gasteiger partial charge in [-0.15, -0.1) is 5.10 Å². The molecule has 0 saturated heterocycles. The topological polar surface area (TPSA) is 89.1 Å². The molecule has 3 aromatic rings. The summed E-state index contributed by atoms with van der Waals surface area (Å²) in [6, 6.07) is 11.4. The van der Waals surface area contributed by atoms with Gasteiger partial charge in [0.2, 0.25) is 11.1 Å². The molecule has 0 atom stereocenters. The van der Waals surface area contributed by atoms with E-state index in [2.05, 4.69) is 20.5 Å². The van der Waals surface area contributed by atoms with Crippen molar-refractivity contribution >= 4 is 23.4 Å². The van der Waals surface area contributed by atoms with Gasteiger partial charge in [-0.05, 0) is 24.3 Å². The predicted octanol–water partition coefficient (Wildman–Crippen LogP) is 3.36. The quantitative estimate of drug-likeness (QED) is 0.604. The zero-order valence-corrected chi connectivity index (χ0v) is 15.5. The van der Waals surface area contributed by atoms with E-state index in [1.165, 1.54) is 13.2 Å². The van der Waals surface area contributed by atoms with E-state index in [4.69, 9.17) is 9.47 Å². The molecule has 3 rings (SSSR count). The number of aromatic amines is 1. The monoisotopic (exact) mass is 388 g/mol. The van der Waals surface area contributed by atoms with Crippen molar-refractivity contribution in [2.24, 2.45) is 0 Å². The Morgan fingerprint density at radius 2 is 2.04 bits per heavy atom. The molecule has 0 aliphatic rings. The number of rotatable bonds is 7. The normalized spacial score (nSPS) is 10.5. The number of nitrogens with zero attached hydrogens (tertiary/aromatic N) is 2. The van der Waals surface area contributed by atoms with Crippen LogP contribution in [0.25, 0.3) is 11.4 Å². The van der Waals surface area contributed by atoms with Gasteiger partial charge in [0, 0.05) is 6.07 Å². The number of H-pyrrole nitrogens is 1. The first-order valence-corrected chi connectivity index (χ1v) is 8.91. The molecule has 0 spiro atoms. The standard InChI is InChI=1S/C18H17FN4O3S/c1-25-11-7-8-15(26-2)14(9-11)20-16(24)10-27-18-21-17(22-23-18)12-5-3-4-6-13(12)19/h3-9H,10H2,1-2H3,(H,20,24)(H,21,22,23). The lowest BCUT2D eigenvalue weighted by Crippen LogP contribution is -2.15. The van der Waals surface area contributed by atoms with E-state index >= 15 is 0 Å². The highest BCUT2D eigenvalue weighted by Crippen LogP contribution is 2.29. The molecule has 27 heavy (non-hydrogen) atoms. The third kappa shape index (κ3) is 4.56. The largest absolute Gasteiger partial charge is 0.497 e. The van der Waals surface area contributed by atoms with Gasteiger partial charge in [0.1, 0.15) is 17.3 Å². The summed E-state index contributed by atoms with van der Waals surface area (Å²) < 4.78 is 24.2. The van der Waals surface area contributed by atoms with Crippen LogP contribution >= 0.6 is 11.8 Å². The number of amides is 1. The van der Waals surface area contributed by atoms with Gasteiger partial charge in [0.25, 0.3) is 0 Å². The Balaban J connectivity index is 1.63. The Labute approximate surface area is 159 Å². The van der Waals surface area contributed by atoms with Crippen LogP contribution in [0.2, 0.25) is 0 Å². The van der Waals surface area contributed by atoms with Crippen molar-refractivity contribution in [3.05, 3.63) is 48.3 Å². The number of benzene rings is 2. The van der Waals surface area contributed by atoms with Crippen molar-refractivity contribution in [1.82, 2.24) is 15.2 Å². The fourth-order valence-corrected chi connectivity index (χ4v) is 2.91. The van der Waals surface area contributed by atoms with Gasteiger partial charge >= 0.3 is 0 Å². The average molecular weight is 388 g/mol. The lowest BCUT2D eigenvalue weighted by molar-refractivity contribution is -0.113. The van der Waals surface area contributed by atoms with E-state index in [9.17, 15) is 9.18 Å².